The molecule has 0 atom stereocenters. The number of aryl methyl sites for hydroxylation is 1. The molecule has 0 amide bonds. The van der Waals surface area contributed by atoms with Gasteiger partial charge in [-0.3, -0.25) is 9.55 Å². The molecule has 0 fully saturated rings. The highest BCUT2D eigenvalue weighted by atomic mass is 15.1. The van der Waals surface area contributed by atoms with Gasteiger partial charge in [0.05, 0.1) is 11.9 Å². The third-order valence-corrected chi connectivity index (χ3v) is 4.00. The zero-order valence-corrected chi connectivity index (χ0v) is 12.8. The quantitative estimate of drug-likeness (QED) is 0.579. The van der Waals surface area contributed by atoms with E-state index in [1.165, 1.54) is 11.1 Å². The number of fused-ring (bicyclic) bond motifs is 1. The average Bonchev–Trinajstić information content (AvgIpc) is 2.95. The molecule has 0 saturated heterocycles. The van der Waals surface area contributed by atoms with Crippen molar-refractivity contribution in [1.29, 1.82) is 0 Å². The van der Waals surface area contributed by atoms with Crippen LogP contribution in [0.2, 0.25) is 0 Å². The molecule has 1 aromatic carbocycles. The van der Waals surface area contributed by atoms with Crippen LogP contribution in [-0.4, -0.2) is 19.5 Å². The summed E-state index contributed by atoms with van der Waals surface area (Å²) in [5.41, 5.74) is 5.29. The molecule has 0 aliphatic rings. The molecule has 0 radical (unpaired) electrons. The molecule has 0 unspecified atom stereocenters. The fraction of sp³-hybridized carbons (Fsp3) is 0.105. The molecule has 0 N–H and O–H groups in total. The van der Waals surface area contributed by atoms with E-state index in [9.17, 15) is 0 Å². The molecule has 0 aliphatic heterocycles. The molecule has 0 saturated carbocycles. The summed E-state index contributed by atoms with van der Waals surface area (Å²) >= 11 is 0. The number of hydrogen-bond acceptors (Lipinski definition) is 3. The third kappa shape index (κ3) is 2.48. The SMILES string of the molecule is Cc1ccccc1Cc1nc2cccnc2n1-c1cccnc1. The molecule has 0 spiro atoms. The van der Waals surface area contributed by atoms with Crippen molar-refractivity contribution in [2.75, 3.05) is 0 Å². The van der Waals surface area contributed by atoms with Gasteiger partial charge in [-0.1, -0.05) is 24.3 Å². The first-order valence-electron chi connectivity index (χ1n) is 7.60. The number of nitrogens with zero attached hydrogens (tertiary/aromatic N) is 4. The molecule has 3 aromatic heterocycles. The number of benzene rings is 1. The van der Waals surface area contributed by atoms with Crippen LogP contribution in [0.15, 0.2) is 67.1 Å². The highest BCUT2D eigenvalue weighted by Crippen LogP contribution is 2.22. The van der Waals surface area contributed by atoms with Gasteiger partial charge in [0.1, 0.15) is 11.3 Å². The van der Waals surface area contributed by atoms with Gasteiger partial charge >= 0.3 is 0 Å². The minimum absolute atomic E-state index is 0.762. The second kappa shape index (κ2) is 5.65. The lowest BCUT2D eigenvalue weighted by Gasteiger charge is -2.09. The van der Waals surface area contributed by atoms with Crippen molar-refractivity contribution in [3.05, 3.63) is 84.1 Å². The fourth-order valence-corrected chi connectivity index (χ4v) is 2.81. The molecular formula is C19H16N4. The van der Waals surface area contributed by atoms with Gasteiger partial charge in [-0.2, -0.15) is 0 Å². The lowest BCUT2D eigenvalue weighted by atomic mass is 10.1. The van der Waals surface area contributed by atoms with Crippen molar-refractivity contribution < 1.29 is 0 Å². The summed E-state index contributed by atoms with van der Waals surface area (Å²) in [5, 5.41) is 0. The largest absolute Gasteiger partial charge is 0.279 e. The Morgan fingerprint density at radius 2 is 1.83 bits per heavy atom. The van der Waals surface area contributed by atoms with E-state index in [-0.39, 0.29) is 0 Å². The molecule has 4 rings (SSSR count). The molecule has 112 valence electrons. The molecule has 4 heteroatoms. The van der Waals surface area contributed by atoms with Crippen LogP contribution in [0, 0.1) is 6.92 Å². The van der Waals surface area contributed by atoms with Crippen LogP contribution >= 0.6 is 0 Å². The molecular weight excluding hydrogens is 284 g/mol. The van der Waals surface area contributed by atoms with Crippen molar-refractivity contribution in [3.8, 4) is 5.69 Å². The maximum Gasteiger partial charge on any atom is 0.164 e. The number of aromatic nitrogens is 4. The third-order valence-electron chi connectivity index (χ3n) is 4.00. The molecule has 4 nitrogen and oxygen atoms in total. The Morgan fingerprint density at radius 1 is 0.957 bits per heavy atom. The Labute approximate surface area is 134 Å². The summed E-state index contributed by atoms with van der Waals surface area (Å²) in [6.07, 6.45) is 6.18. The summed E-state index contributed by atoms with van der Waals surface area (Å²) < 4.78 is 2.09. The summed E-state index contributed by atoms with van der Waals surface area (Å²) in [6, 6.07) is 16.3. The summed E-state index contributed by atoms with van der Waals surface area (Å²) in [6.45, 7) is 2.13. The summed E-state index contributed by atoms with van der Waals surface area (Å²) in [5.74, 6) is 0.973. The first-order valence-corrected chi connectivity index (χ1v) is 7.60. The van der Waals surface area contributed by atoms with Crippen LogP contribution in [0.25, 0.3) is 16.9 Å². The van der Waals surface area contributed by atoms with E-state index in [4.69, 9.17) is 4.98 Å². The number of pyridine rings is 2. The van der Waals surface area contributed by atoms with Gasteiger partial charge in [0, 0.05) is 18.8 Å². The Kier molecular flexibility index (Phi) is 3.35. The standard InChI is InChI=1S/C19H16N4/c1-14-6-2-3-7-15(14)12-18-22-17-9-5-11-21-19(17)23(18)16-8-4-10-20-13-16/h2-11,13H,12H2,1H3. The highest BCUT2D eigenvalue weighted by molar-refractivity contribution is 5.73. The van der Waals surface area contributed by atoms with Crippen LogP contribution in [0.4, 0.5) is 0 Å². The van der Waals surface area contributed by atoms with Crippen LogP contribution in [0.3, 0.4) is 0 Å². The average molecular weight is 300 g/mol. The number of hydrogen-bond donors (Lipinski definition) is 0. The minimum atomic E-state index is 0.762. The van der Waals surface area contributed by atoms with Crippen molar-refractivity contribution in [2.45, 2.75) is 13.3 Å². The normalized spacial score (nSPS) is 11.0. The summed E-state index contributed by atoms with van der Waals surface area (Å²) in [7, 11) is 0. The minimum Gasteiger partial charge on any atom is -0.279 e. The maximum atomic E-state index is 4.80. The molecule has 23 heavy (non-hydrogen) atoms. The highest BCUT2D eigenvalue weighted by Gasteiger charge is 2.14. The van der Waals surface area contributed by atoms with Gasteiger partial charge in [-0.15, -0.1) is 0 Å². The van der Waals surface area contributed by atoms with Crippen molar-refractivity contribution in [1.82, 2.24) is 19.5 Å². The molecule has 3 heterocycles. The van der Waals surface area contributed by atoms with Gasteiger partial charge in [-0.25, -0.2) is 9.97 Å². The van der Waals surface area contributed by atoms with E-state index >= 15 is 0 Å². The lowest BCUT2D eigenvalue weighted by molar-refractivity contribution is 0.914. The van der Waals surface area contributed by atoms with Crippen LogP contribution < -0.4 is 0 Å². The second-order valence-electron chi connectivity index (χ2n) is 5.52. The van der Waals surface area contributed by atoms with E-state index in [2.05, 4.69) is 45.7 Å². The monoisotopic (exact) mass is 300 g/mol. The predicted octanol–water partition coefficient (Wildman–Crippen LogP) is 3.71. The zero-order chi connectivity index (χ0) is 15.6. The van der Waals surface area contributed by atoms with E-state index < -0.39 is 0 Å². The van der Waals surface area contributed by atoms with E-state index in [1.54, 1.807) is 12.4 Å². The van der Waals surface area contributed by atoms with Gasteiger partial charge in [-0.05, 0) is 42.3 Å². The Hall–Kier alpha value is -3.01. The van der Waals surface area contributed by atoms with E-state index in [0.29, 0.717) is 0 Å². The van der Waals surface area contributed by atoms with Crippen LogP contribution in [-0.2, 0) is 6.42 Å². The predicted molar refractivity (Wildman–Crippen MR) is 90.6 cm³/mol. The smallest absolute Gasteiger partial charge is 0.164 e. The molecule has 0 bridgehead atoms. The van der Waals surface area contributed by atoms with Crippen molar-refractivity contribution in [2.24, 2.45) is 0 Å². The van der Waals surface area contributed by atoms with Crippen molar-refractivity contribution >= 4 is 11.2 Å². The number of imidazole rings is 1. The maximum absolute atomic E-state index is 4.80. The topological polar surface area (TPSA) is 43.6 Å². The first-order chi connectivity index (χ1) is 11.3. The van der Waals surface area contributed by atoms with Gasteiger partial charge in [0.2, 0.25) is 0 Å². The van der Waals surface area contributed by atoms with E-state index in [0.717, 1.165) is 29.1 Å². The van der Waals surface area contributed by atoms with Gasteiger partial charge in [0.15, 0.2) is 5.65 Å². The first kappa shape index (κ1) is 13.6. The van der Waals surface area contributed by atoms with Gasteiger partial charge in [0.25, 0.3) is 0 Å². The lowest BCUT2D eigenvalue weighted by Crippen LogP contribution is -2.04. The van der Waals surface area contributed by atoms with E-state index in [1.807, 2.05) is 30.5 Å². The zero-order valence-electron chi connectivity index (χ0n) is 12.8. The van der Waals surface area contributed by atoms with Crippen molar-refractivity contribution in [3.63, 3.8) is 0 Å². The summed E-state index contributed by atoms with van der Waals surface area (Å²) in [4.78, 5) is 13.5. The number of rotatable bonds is 3. The van der Waals surface area contributed by atoms with Crippen LogP contribution in [0.1, 0.15) is 17.0 Å². The Balaban J connectivity index is 1.91. The second-order valence-corrected chi connectivity index (χ2v) is 5.52. The fourth-order valence-electron chi connectivity index (χ4n) is 2.81. The Morgan fingerprint density at radius 3 is 2.65 bits per heavy atom. The Bertz CT molecular complexity index is 957. The van der Waals surface area contributed by atoms with Crippen LogP contribution in [0.5, 0.6) is 0 Å². The van der Waals surface area contributed by atoms with Gasteiger partial charge < -0.3 is 0 Å². The molecule has 4 aromatic rings. The molecule has 0 aliphatic carbocycles.